The van der Waals surface area contributed by atoms with Crippen LogP contribution in [0.4, 0.5) is 4.39 Å². The quantitative estimate of drug-likeness (QED) is 0.792. The Hall–Kier alpha value is -1.88. The number of carbonyl (C=O) groups is 1. The maximum atomic E-state index is 13.1. The Bertz CT molecular complexity index is 658. The minimum atomic E-state index is -0.377. The summed E-state index contributed by atoms with van der Waals surface area (Å²) in [6.45, 7) is 3.02. The number of benzene rings is 2. The van der Waals surface area contributed by atoms with Crippen LogP contribution in [0.1, 0.15) is 22.8 Å². The smallest absolute Gasteiger partial charge is 0.255 e. The zero-order valence-corrected chi connectivity index (χ0v) is 14.1. The fourth-order valence-corrected chi connectivity index (χ4v) is 2.59. The monoisotopic (exact) mass is 365 g/mol. The predicted molar refractivity (Wildman–Crippen MR) is 87.5 cm³/mol. The van der Waals surface area contributed by atoms with Gasteiger partial charge < -0.3 is 9.64 Å². The molecule has 0 aliphatic heterocycles. The summed E-state index contributed by atoms with van der Waals surface area (Å²) in [5.74, 6) is 0.264. The van der Waals surface area contributed by atoms with Crippen molar-refractivity contribution in [2.75, 3.05) is 13.7 Å². The van der Waals surface area contributed by atoms with E-state index in [0.717, 1.165) is 11.3 Å². The van der Waals surface area contributed by atoms with Gasteiger partial charge in [-0.25, -0.2) is 4.39 Å². The number of hydrogen-bond acceptors (Lipinski definition) is 2. The lowest BCUT2D eigenvalue weighted by molar-refractivity contribution is 0.0784. The van der Waals surface area contributed by atoms with E-state index in [4.69, 9.17) is 4.74 Å². The molecule has 2 aromatic rings. The number of rotatable bonds is 5. The zero-order chi connectivity index (χ0) is 16.1. The molecule has 0 saturated heterocycles. The molecule has 0 aromatic heterocycles. The van der Waals surface area contributed by atoms with Crippen LogP contribution in [0.5, 0.6) is 5.75 Å². The lowest BCUT2D eigenvalue weighted by Gasteiger charge is -2.18. The van der Waals surface area contributed by atoms with E-state index >= 15 is 0 Å². The van der Waals surface area contributed by atoms with Crippen LogP contribution in [0.15, 0.2) is 46.9 Å². The molecule has 0 radical (unpaired) electrons. The van der Waals surface area contributed by atoms with Crippen LogP contribution in [0, 0.1) is 5.82 Å². The van der Waals surface area contributed by atoms with E-state index in [0.29, 0.717) is 23.2 Å². The number of ether oxygens (including phenoxy) is 1. The molecule has 2 rings (SSSR count). The highest BCUT2D eigenvalue weighted by atomic mass is 79.9. The Morgan fingerprint density at radius 1 is 1.23 bits per heavy atom. The van der Waals surface area contributed by atoms with Crippen LogP contribution >= 0.6 is 15.9 Å². The first-order valence-corrected chi connectivity index (χ1v) is 7.72. The summed E-state index contributed by atoms with van der Waals surface area (Å²) in [6, 6.07) is 11.7. The summed E-state index contributed by atoms with van der Waals surface area (Å²) < 4.78 is 18.9. The number of carbonyl (C=O) groups excluding carboxylic acids is 1. The van der Waals surface area contributed by atoms with Gasteiger partial charge in [0.25, 0.3) is 5.91 Å². The van der Waals surface area contributed by atoms with Gasteiger partial charge in [-0.2, -0.15) is 0 Å². The molecule has 5 heteroatoms. The highest BCUT2D eigenvalue weighted by Gasteiger charge is 2.15. The average molecular weight is 366 g/mol. The average Bonchev–Trinajstić information content (AvgIpc) is 2.49. The summed E-state index contributed by atoms with van der Waals surface area (Å²) >= 11 is 3.22. The molecule has 0 fully saturated rings. The topological polar surface area (TPSA) is 29.5 Å². The molecular formula is C17H17BrFNO2. The Morgan fingerprint density at radius 2 is 1.91 bits per heavy atom. The second-order valence-corrected chi connectivity index (χ2v) is 5.72. The van der Waals surface area contributed by atoms with Crippen LogP contribution < -0.4 is 4.74 Å². The standard InChI is InChI=1S/C17H17BrFNO2/c1-3-22-14-7-4-12(5-8-14)11-20(2)17(21)15-9-6-13(19)10-16(15)18/h4-10H,3,11H2,1-2H3. The van der Waals surface area contributed by atoms with Crippen LogP contribution in [0.25, 0.3) is 0 Å². The Morgan fingerprint density at radius 3 is 2.50 bits per heavy atom. The van der Waals surface area contributed by atoms with Crippen molar-refractivity contribution in [2.24, 2.45) is 0 Å². The van der Waals surface area contributed by atoms with E-state index in [9.17, 15) is 9.18 Å². The normalized spacial score (nSPS) is 10.4. The second kappa shape index (κ2) is 7.40. The molecule has 0 heterocycles. The SMILES string of the molecule is CCOc1ccc(CN(C)C(=O)c2ccc(F)cc2Br)cc1. The van der Waals surface area contributed by atoms with E-state index in [-0.39, 0.29) is 11.7 Å². The van der Waals surface area contributed by atoms with Crippen molar-refractivity contribution in [3.63, 3.8) is 0 Å². The third-order valence-corrected chi connectivity index (χ3v) is 3.82. The lowest BCUT2D eigenvalue weighted by Crippen LogP contribution is -2.26. The van der Waals surface area contributed by atoms with E-state index in [2.05, 4.69) is 15.9 Å². The molecule has 3 nitrogen and oxygen atoms in total. The third kappa shape index (κ3) is 4.07. The summed E-state index contributed by atoms with van der Waals surface area (Å²) in [6.07, 6.45) is 0. The van der Waals surface area contributed by atoms with Gasteiger partial charge in [0.15, 0.2) is 0 Å². The molecule has 0 N–H and O–H groups in total. The van der Waals surface area contributed by atoms with Gasteiger partial charge in [-0.3, -0.25) is 4.79 Å². The fraction of sp³-hybridized carbons (Fsp3) is 0.235. The Kier molecular flexibility index (Phi) is 5.55. The molecule has 0 atom stereocenters. The highest BCUT2D eigenvalue weighted by molar-refractivity contribution is 9.10. The van der Waals surface area contributed by atoms with Gasteiger partial charge in [0.2, 0.25) is 0 Å². The maximum Gasteiger partial charge on any atom is 0.255 e. The molecule has 1 amide bonds. The van der Waals surface area contributed by atoms with Crippen molar-refractivity contribution in [2.45, 2.75) is 13.5 Å². The number of hydrogen-bond donors (Lipinski definition) is 0. The molecular weight excluding hydrogens is 349 g/mol. The van der Waals surface area contributed by atoms with Crippen LogP contribution in [-0.2, 0) is 6.54 Å². The lowest BCUT2D eigenvalue weighted by atomic mass is 10.1. The van der Waals surface area contributed by atoms with Crippen molar-refractivity contribution in [1.29, 1.82) is 0 Å². The first-order chi connectivity index (χ1) is 10.5. The summed E-state index contributed by atoms with van der Waals surface area (Å²) in [4.78, 5) is 14.0. The molecule has 0 bridgehead atoms. The molecule has 0 unspecified atom stereocenters. The van der Waals surface area contributed by atoms with Gasteiger partial charge in [0, 0.05) is 18.1 Å². The minimum Gasteiger partial charge on any atom is -0.494 e. The summed E-state index contributed by atoms with van der Waals surface area (Å²) in [7, 11) is 1.72. The van der Waals surface area contributed by atoms with Crippen molar-refractivity contribution in [3.05, 3.63) is 63.9 Å². The van der Waals surface area contributed by atoms with E-state index in [1.54, 1.807) is 11.9 Å². The molecule has 2 aromatic carbocycles. The Labute approximate surface area is 137 Å². The molecule has 0 aliphatic rings. The van der Waals surface area contributed by atoms with Crippen molar-refractivity contribution >= 4 is 21.8 Å². The van der Waals surface area contributed by atoms with Gasteiger partial charge in [-0.1, -0.05) is 12.1 Å². The van der Waals surface area contributed by atoms with Crippen molar-refractivity contribution in [1.82, 2.24) is 4.90 Å². The van der Waals surface area contributed by atoms with Gasteiger partial charge in [-0.05, 0) is 58.7 Å². The number of nitrogens with zero attached hydrogens (tertiary/aromatic N) is 1. The van der Waals surface area contributed by atoms with Crippen LogP contribution in [0.3, 0.4) is 0 Å². The Balaban J connectivity index is 2.07. The van der Waals surface area contributed by atoms with Gasteiger partial charge in [-0.15, -0.1) is 0 Å². The van der Waals surface area contributed by atoms with Crippen LogP contribution in [-0.4, -0.2) is 24.5 Å². The van der Waals surface area contributed by atoms with Crippen molar-refractivity contribution < 1.29 is 13.9 Å². The zero-order valence-electron chi connectivity index (χ0n) is 12.5. The number of amides is 1. The van der Waals surface area contributed by atoms with Gasteiger partial charge in [0.05, 0.1) is 12.2 Å². The summed E-state index contributed by atoms with van der Waals surface area (Å²) in [5.41, 5.74) is 1.44. The predicted octanol–water partition coefficient (Wildman–Crippen LogP) is 4.26. The largest absolute Gasteiger partial charge is 0.494 e. The second-order valence-electron chi connectivity index (χ2n) is 4.86. The molecule has 116 valence electrons. The number of halogens is 2. The van der Waals surface area contributed by atoms with Crippen LogP contribution in [0.2, 0.25) is 0 Å². The molecule has 0 aliphatic carbocycles. The van der Waals surface area contributed by atoms with E-state index in [1.165, 1.54) is 18.2 Å². The first-order valence-electron chi connectivity index (χ1n) is 6.93. The molecule has 22 heavy (non-hydrogen) atoms. The first kappa shape index (κ1) is 16.5. The van der Waals surface area contributed by atoms with E-state index in [1.807, 2.05) is 31.2 Å². The van der Waals surface area contributed by atoms with Gasteiger partial charge in [0.1, 0.15) is 11.6 Å². The minimum absolute atomic E-state index is 0.166. The molecule has 0 spiro atoms. The summed E-state index contributed by atoms with van der Waals surface area (Å²) in [5, 5.41) is 0. The van der Waals surface area contributed by atoms with Gasteiger partial charge >= 0.3 is 0 Å². The van der Waals surface area contributed by atoms with E-state index < -0.39 is 0 Å². The fourth-order valence-electron chi connectivity index (χ4n) is 2.07. The molecule has 0 saturated carbocycles. The highest BCUT2D eigenvalue weighted by Crippen LogP contribution is 2.20. The van der Waals surface area contributed by atoms with Crippen molar-refractivity contribution in [3.8, 4) is 5.75 Å². The third-order valence-electron chi connectivity index (χ3n) is 3.16. The maximum absolute atomic E-state index is 13.1.